The van der Waals surface area contributed by atoms with Gasteiger partial charge in [0.25, 0.3) is 0 Å². The Morgan fingerprint density at radius 2 is 2.18 bits per heavy atom. The minimum atomic E-state index is -0.280. The Balaban J connectivity index is 2.49. The molecule has 0 amide bonds. The second kappa shape index (κ2) is 6.64. The molecule has 1 rings (SSSR count). The highest BCUT2D eigenvalue weighted by atomic mass is 32.2. The van der Waals surface area contributed by atoms with Crippen LogP contribution in [0.3, 0.4) is 0 Å². The van der Waals surface area contributed by atoms with E-state index in [1.54, 1.807) is 6.92 Å². The lowest BCUT2D eigenvalue weighted by Gasteiger charge is -2.07. The summed E-state index contributed by atoms with van der Waals surface area (Å²) < 4.78 is 5.05. The molecule has 1 unspecified atom stereocenters. The average molecular weight is 257 g/mol. The van der Waals surface area contributed by atoms with Gasteiger partial charge in [0.2, 0.25) is 5.16 Å². The number of aromatic nitrogens is 3. The van der Waals surface area contributed by atoms with Crippen molar-refractivity contribution in [1.29, 1.82) is 0 Å². The molecule has 0 aliphatic carbocycles. The lowest BCUT2D eigenvalue weighted by molar-refractivity contribution is -0.142. The van der Waals surface area contributed by atoms with E-state index in [0.717, 1.165) is 12.2 Å². The fraction of sp³-hybridized carbons (Fsp3) is 0.727. The first-order chi connectivity index (χ1) is 8.04. The number of hydrogen-bond acceptors (Lipinski definition) is 5. The molecule has 0 saturated carbocycles. The van der Waals surface area contributed by atoms with Crippen molar-refractivity contribution in [2.75, 3.05) is 6.61 Å². The minimum absolute atomic E-state index is 0.215. The summed E-state index contributed by atoms with van der Waals surface area (Å²) in [7, 11) is 0. The Bertz CT molecular complexity index is 365. The molecule has 0 bridgehead atoms. The molecule has 0 aromatic carbocycles. The van der Waals surface area contributed by atoms with E-state index in [-0.39, 0.29) is 11.2 Å². The van der Waals surface area contributed by atoms with E-state index in [9.17, 15) is 4.79 Å². The summed E-state index contributed by atoms with van der Waals surface area (Å²) in [6.45, 7) is 8.31. The number of carbonyl (C=O) groups is 1. The minimum Gasteiger partial charge on any atom is -0.465 e. The molecule has 0 fully saturated rings. The lowest BCUT2D eigenvalue weighted by Crippen LogP contribution is -2.17. The average Bonchev–Trinajstić information content (AvgIpc) is 2.74. The van der Waals surface area contributed by atoms with Crippen LogP contribution in [0.5, 0.6) is 0 Å². The third-order valence-electron chi connectivity index (χ3n) is 2.09. The van der Waals surface area contributed by atoms with Gasteiger partial charge in [-0.2, -0.15) is 0 Å². The summed E-state index contributed by atoms with van der Waals surface area (Å²) in [6, 6.07) is 0. The van der Waals surface area contributed by atoms with Crippen LogP contribution in [0.4, 0.5) is 0 Å². The van der Waals surface area contributed by atoms with Crippen molar-refractivity contribution < 1.29 is 9.53 Å². The van der Waals surface area contributed by atoms with E-state index < -0.39 is 0 Å². The third-order valence-corrected chi connectivity index (χ3v) is 3.03. The standard InChI is InChI=1S/C11H19N3O2S/c1-5-6-16-10(15)8(4)17-11-12-9(7(2)3)13-14-11/h7-8H,5-6H2,1-4H3,(H,12,13,14). The zero-order valence-electron chi connectivity index (χ0n) is 10.7. The fourth-order valence-electron chi connectivity index (χ4n) is 1.10. The highest BCUT2D eigenvalue weighted by Crippen LogP contribution is 2.21. The van der Waals surface area contributed by atoms with Crippen LogP contribution in [0.15, 0.2) is 5.16 Å². The van der Waals surface area contributed by atoms with E-state index in [1.807, 2.05) is 20.8 Å². The quantitative estimate of drug-likeness (QED) is 0.626. The number of carbonyl (C=O) groups excluding carboxylic acids is 1. The van der Waals surface area contributed by atoms with E-state index in [2.05, 4.69) is 15.2 Å². The van der Waals surface area contributed by atoms with Crippen LogP contribution in [0.2, 0.25) is 0 Å². The van der Waals surface area contributed by atoms with Crippen molar-refractivity contribution in [3.05, 3.63) is 5.82 Å². The molecular formula is C11H19N3O2S. The molecule has 5 nitrogen and oxygen atoms in total. The number of nitrogens with zero attached hydrogens (tertiary/aromatic N) is 2. The number of aromatic amines is 1. The number of rotatable bonds is 6. The van der Waals surface area contributed by atoms with Crippen molar-refractivity contribution in [2.45, 2.75) is 50.4 Å². The monoisotopic (exact) mass is 257 g/mol. The van der Waals surface area contributed by atoms with Crippen LogP contribution < -0.4 is 0 Å². The summed E-state index contributed by atoms with van der Waals surface area (Å²) in [6.07, 6.45) is 0.835. The highest BCUT2D eigenvalue weighted by molar-refractivity contribution is 8.00. The van der Waals surface area contributed by atoms with Crippen molar-refractivity contribution in [2.24, 2.45) is 0 Å². The molecule has 0 aliphatic heterocycles. The second-order valence-corrected chi connectivity index (χ2v) is 5.39. The first kappa shape index (κ1) is 14.0. The maximum absolute atomic E-state index is 11.5. The topological polar surface area (TPSA) is 67.9 Å². The zero-order chi connectivity index (χ0) is 12.8. The maximum atomic E-state index is 11.5. The van der Waals surface area contributed by atoms with Crippen LogP contribution in [-0.4, -0.2) is 33.0 Å². The summed E-state index contributed by atoms with van der Waals surface area (Å²) in [4.78, 5) is 15.8. The van der Waals surface area contributed by atoms with Gasteiger partial charge < -0.3 is 4.74 Å². The van der Waals surface area contributed by atoms with Crippen LogP contribution in [0.25, 0.3) is 0 Å². The summed E-state index contributed by atoms with van der Waals surface area (Å²) in [5, 5.41) is 7.23. The number of hydrogen-bond donors (Lipinski definition) is 1. The fourth-order valence-corrected chi connectivity index (χ4v) is 1.83. The molecule has 1 aromatic rings. The molecule has 1 aromatic heterocycles. The first-order valence-electron chi connectivity index (χ1n) is 5.80. The van der Waals surface area contributed by atoms with Gasteiger partial charge in [0.15, 0.2) is 0 Å². The Hall–Kier alpha value is -1.04. The van der Waals surface area contributed by atoms with Crippen LogP contribution in [-0.2, 0) is 9.53 Å². The Morgan fingerprint density at radius 1 is 1.47 bits per heavy atom. The number of ether oxygens (including phenoxy) is 1. The number of esters is 1. The molecular weight excluding hydrogens is 238 g/mol. The molecule has 0 aliphatic rings. The highest BCUT2D eigenvalue weighted by Gasteiger charge is 2.18. The summed E-state index contributed by atoms with van der Waals surface area (Å²) in [5.41, 5.74) is 0. The van der Waals surface area contributed by atoms with Crippen molar-refractivity contribution >= 4 is 17.7 Å². The smallest absolute Gasteiger partial charge is 0.319 e. The molecule has 1 atom stereocenters. The molecule has 96 valence electrons. The van der Waals surface area contributed by atoms with Crippen molar-refractivity contribution in [3.63, 3.8) is 0 Å². The Morgan fingerprint density at radius 3 is 2.71 bits per heavy atom. The van der Waals surface area contributed by atoms with Gasteiger partial charge in [0, 0.05) is 5.92 Å². The van der Waals surface area contributed by atoms with Gasteiger partial charge in [-0.3, -0.25) is 9.89 Å². The number of thioether (sulfide) groups is 1. The predicted octanol–water partition coefficient (Wildman–Crippen LogP) is 2.36. The summed E-state index contributed by atoms with van der Waals surface area (Å²) in [5.74, 6) is 0.925. The van der Waals surface area contributed by atoms with Crippen LogP contribution in [0, 0.1) is 0 Å². The molecule has 0 radical (unpaired) electrons. The molecule has 6 heteroatoms. The van der Waals surface area contributed by atoms with Gasteiger partial charge in [0.1, 0.15) is 11.1 Å². The Labute approximate surface area is 106 Å². The molecule has 0 spiro atoms. The van der Waals surface area contributed by atoms with Gasteiger partial charge in [-0.25, -0.2) is 4.98 Å². The van der Waals surface area contributed by atoms with E-state index in [1.165, 1.54) is 11.8 Å². The molecule has 17 heavy (non-hydrogen) atoms. The zero-order valence-corrected chi connectivity index (χ0v) is 11.5. The van der Waals surface area contributed by atoms with Crippen LogP contribution >= 0.6 is 11.8 Å². The van der Waals surface area contributed by atoms with Gasteiger partial charge in [-0.15, -0.1) is 5.10 Å². The molecule has 1 N–H and O–H groups in total. The Kier molecular flexibility index (Phi) is 5.47. The van der Waals surface area contributed by atoms with Crippen molar-refractivity contribution in [3.8, 4) is 0 Å². The predicted molar refractivity (Wildman–Crippen MR) is 67.0 cm³/mol. The molecule has 0 saturated heterocycles. The lowest BCUT2D eigenvalue weighted by atomic mass is 10.2. The van der Waals surface area contributed by atoms with E-state index >= 15 is 0 Å². The maximum Gasteiger partial charge on any atom is 0.319 e. The van der Waals surface area contributed by atoms with Gasteiger partial charge in [-0.1, -0.05) is 32.5 Å². The SMILES string of the molecule is CCCOC(=O)C(C)Sc1n[nH]c(C(C)C)n1. The summed E-state index contributed by atoms with van der Waals surface area (Å²) >= 11 is 1.31. The normalized spacial score (nSPS) is 12.8. The van der Waals surface area contributed by atoms with Gasteiger partial charge >= 0.3 is 5.97 Å². The molecule has 1 heterocycles. The first-order valence-corrected chi connectivity index (χ1v) is 6.68. The van der Waals surface area contributed by atoms with E-state index in [4.69, 9.17) is 4.74 Å². The van der Waals surface area contributed by atoms with Crippen molar-refractivity contribution in [1.82, 2.24) is 15.2 Å². The van der Waals surface area contributed by atoms with E-state index in [0.29, 0.717) is 17.7 Å². The van der Waals surface area contributed by atoms with Crippen LogP contribution in [0.1, 0.15) is 45.9 Å². The van der Waals surface area contributed by atoms with Gasteiger partial charge in [-0.05, 0) is 13.3 Å². The largest absolute Gasteiger partial charge is 0.465 e. The number of H-pyrrole nitrogens is 1. The second-order valence-electron chi connectivity index (χ2n) is 4.09. The number of nitrogens with one attached hydrogen (secondary N) is 1. The third kappa shape index (κ3) is 4.38. The van der Waals surface area contributed by atoms with Gasteiger partial charge in [0.05, 0.1) is 6.61 Å².